The maximum atomic E-state index is 7.50. The maximum Gasteiger partial charge on any atom is 0.281 e. The molecule has 1 aliphatic carbocycles. The summed E-state index contributed by atoms with van der Waals surface area (Å²) in [6, 6.07) is 0. The van der Waals surface area contributed by atoms with Crippen LogP contribution in [0, 0.1) is 0 Å². The Kier molecular flexibility index (Phi) is 16.0. The summed E-state index contributed by atoms with van der Waals surface area (Å²) in [6.07, 6.45) is 8.03. The molecule has 0 N–H and O–H groups in total. The number of allylic oxidation sites excluding steroid dienone is 4. The number of ether oxygens (including phenoxy) is 2. The average Bonchev–Trinajstić information content (AvgIpc) is 3.20. The molecule has 0 aromatic rings. The minimum absolute atomic E-state index is 0.360. The van der Waals surface area contributed by atoms with Gasteiger partial charge in [-0.25, -0.2) is 0 Å². The fourth-order valence-corrected chi connectivity index (χ4v) is 2.47. The van der Waals surface area contributed by atoms with Crippen molar-refractivity contribution in [1.82, 2.24) is 0 Å². The van der Waals surface area contributed by atoms with Crippen LogP contribution in [0.25, 0.3) is 0 Å². The number of carbonyl (C=O) groups excluding carboxylic acids is 3. The third kappa shape index (κ3) is 11.7. The average molecular weight is 305 g/mol. The number of rotatable bonds is 5. The fourth-order valence-electron chi connectivity index (χ4n) is 1.14. The van der Waals surface area contributed by atoms with Crippen LogP contribution in [0.3, 0.4) is 0 Å². The second kappa shape index (κ2) is 15.0. The van der Waals surface area contributed by atoms with Crippen LogP contribution in [-0.4, -0.2) is 44.7 Å². The van der Waals surface area contributed by atoms with Crippen molar-refractivity contribution in [3.63, 3.8) is 0 Å². The zero-order chi connectivity index (χ0) is 15.1. The Labute approximate surface area is 120 Å². The van der Waals surface area contributed by atoms with E-state index in [0.29, 0.717) is 11.1 Å². The third-order valence-electron chi connectivity index (χ3n) is 1.93. The molecular formula is C13H14MnO5. The summed E-state index contributed by atoms with van der Waals surface area (Å²) in [6.45, 7) is 17.3. The van der Waals surface area contributed by atoms with E-state index in [1.54, 1.807) is 0 Å². The minimum atomic E-state index is 0.360. The quantitative estimate of drug-likeness (QED) is 0.546. The van der Waals surface area contributed by atoms with Gasteiger partial charge in [0.15, 0.2) is 0 Å². The van der Waals surface area contributed by atoms with Crippen molar-refractivity contribution in [2.24, 2.45) is 0 Å². The van der Waals surface area contributed by atoms with Crippen LogP contribution in [0.15, 0.2) is 22.7 Å². The summed E-state index contributed by atoms with van der Waals surface area (Å²) in [7, 11) is 0. The normalized spacial score (nSPS) is 19.4. The molecule has 1 saturated heterocycles. The van der Waals surface area contributed by atoms with Gasteiger partial charge in [-0.15, -0.1) is 0 Å². The van der Waals surface area contributed by atoms with Gasteiger partial charge >= 0.3 is 84.8 Å². The summed E-state index contributed by atoms with van der Waals surface area (Å²) in [5, 5.41) is 0.360. The van der Waals surface area contributed by atoms with Crippen molar-refractivity contribution in [3.8, 4) is 0 Å². The Morgan fingerprint density at radius 1 is 1.37 bits per heavy atom. The Morgan fingerprint density at radius 3 is 2.37 bits per heavy atom. The first-order chi connectivity index (χ1) is 9.34. The van der Waals surface area contributed by atoms with Crippen molar-refractivity contribution < 1.29 is 38.8 Å². The molecular weight excluding hydrogens is 291 g/mol. The van der Waals surface area contributed by atoms with Crippen LogP contribution in [0.4, 0.5) is 0 Å². The molecule has 0 aromatic heterocycles. The molecule has 1 aliphatic heterocycles. The standard InChI is InChI=1S/C5H9O2.C5H5.3CO.Mn/c1-2-6-3-5-4-7-5;1-2-4-5-3-1;3*1-2;/h2,5H,3-4H2,1H3;1-3H,4H2;;;;. The molecule has 103 valence electrons. The van der Waals surface area contributed by atoms with Gasteiger partial charge in [0.25, 0.3) is 20.4 Å². The van der Waals surface area contributed by atoms with E-state index in [1.807, 2.05) is 0 Å². The summed E-state index contributed by atoms with van der Waals surface area (Å²) < 4.78 is 12.2. The second-order valence-corrected chi connectivity index (χ2v) is 5.25. The first-order valence-corrected chi connectivity index (χ1v) is 6.45. The Hall–Kier alpha value is -1.07. The summed E-state index contributed by atoms with van der Waals surface area (Å²) in [5.41, 5.74) is 0. The zero-order valence-electron chi connectivity index (χ0n) is 10.4. The molecule has 2 unspecified atom stereocenters. The second-order valence-electron chi connectivity index (χ2n) is 3.19. The van der Waals surface area contributed by atoms with E-state index in [-0.39, 0.29) is 0 Å². The molecule has 1 heterocycles. The summed E-state index contributed by atoms with van der Waals surface area (Å²) >= 11 is 0.777. The van der Waals surface area contributed by atoms with E-state index in [9.17, 15) is 0 Å². The Bertz CT molecular complexity index is 271. The van der Waals surface area contributed by atoms with E-state index in [0.717, 1.165) is 34.6 Å². The molecule has 5 nitrogen and oxygen atoms in total. The SMILES string of the molecule is C[CH](OCC1CO1)[Mn][C]1=CC=CC1.[C]=O.[C]=O.[C]=O. The smallest absolute Gasteiger partial charge is 0.281 e. The molecule has 0 spiro atoms. The summed E-state index contributed by atoms with van der Waals surface area (Å²) in [4.78, 5) is 22.5. The van der Waals surface area contributed by atoms with Crippen LogP contribution >= 0.6 is 0 Å². The summed E-state index contributed by atoms with van der Waals surface area (Å²) in [5.74, 6) is 0. The van der Waals surface area contributed by atoms with Crippen molar-refractivity contribution in [2.75, 3.05) is 13.2 Å². The molecule has 6 radical (unpaired) electrons. The Morgan fingerprint density at radius 2 is 1.95 bits per heavy atom. The molecule has 0 aromatic carbocycles. The molecule has 19 heavy (non-hydrogen) atoms. The van der Waals surface area contributed by atoms with Crippen molar-refractivity contribution in [2.45, 2.75) is 24.5 Å². The molecule has 1 fully saturated rings. The Balaban J connectivity index is 0. The first kappa shape index (κ1) is 20.3. The molecule has 0 bridgehead atoms. The van der Waals surface area contributed by atoms with E-state index in [1.165, 1.54) is 4.47 Å². The van der Waals surface area contributed by atoms with Gasteiger partial charge in [0.1, 0.15) is 0 Å². The van der Waals surface area contributed by atoms with Crippen LogP contribution in [0.1, 0.15) is 13.3 Å². The van der Waals surface area contributed by atoms with Crippen LogP contribution in [0.5, 0.6) is 0 Å². The van der Waals surface area contributed by atoms with Gasteiger partial charge in [-0.1, -0.05) is 0 Å². The molecule has 6 heteroatoms. The number of epoxide rings is 1. The molecule has 0 saturated carbocycles. The largest absolute Gasteiger partial charge is 0.281 e. The minimum Gasteiger partial charge on any atom is -0.281 e. The van der Waals surface area contributed by atoms with E-state index in [2.05, 4.69) is 45.5 Å². The first-order valence-electron chi connectivity index (χ1n) is 5.18. The predicted molar refractivity (Wildman–Crippen MR) is 64.1 cm³/mol. The van der Waals surface area contributed by atoms with Crippen molar-refractivity contribution in [1.29, 1.82) is 0 Å². The van der Waals surface area contributed by atoms with E-state index < -0.39 is 0 Å². The fraction of sp³-hybridized carbons (Fsp3) is 0.462. The molecule has 2 aliphatic rings. The number of hydrogen-bond acceptors (Lipinski definition) is 5. The van der Waals surface area contributed by atoms with Gasteiger partial charge in [-0.2, -0.15) is 0 Å². The molecule has 2 atom stereocenters. The predicted octanol–water partition coefficient (Wildman–Crippen LogP) is 0.483. The van der Waals surface area contributed by atoms with Crippen molar-refractivity contribution in [3.05, 3.63) is 22.7 Å². The van der Waals surface area contributed by atoms with Crippen LogP contribution < -0.4 is 0 Å². The van der Waals surface area contributed by atoms with E-state index >= 15 is 0 Å². The zero-order valence-corrected chi connectivity index (χ0v) is 11.6. The molecule has 0 amide bonds. The van der Waals surface area contributed by atoms with Gasteiger partial charge in [0.2, 0.25) is 0 Å². The van der Waals surface area contributed by atoms with Crippen LogP contribution in [0.2, 0.25) is 0 Å². The monoisotopic (exact) mass is 305 g/mol. The van der Waals surface area contributed by atoms with E-state index in [4.69, 9.17) is 23.9 Å². The van der Waals surface area contributed by atoms with Gasteiger partial charge < -0.3 is 0 Å². The van der Waals surface area contributed by atoms with Gasteiger partial charge in [0.05, 0.1) is 0 Å². The molecule has 2 rings (SSSR count). The van der Waals surface area contributed by atoms with Crippen molar-refractivity contribution >= 4 is 20.4 Å². The van der Waals surface area contributed by atoms with Crippen LogP contribution in [-0.2, 0) is 38.8 Å². The topological polar surface area (TPSA) is 73.0 Å². The van der Waals surface area contributed by atoms with Gasteiger partial charge in [-0.3, -0.25) is 14.4 Å². The number of hydrogen-bond donors (Lipinski definition) is 0. The van der Waals surface area contributed by atoms with Gasteiger partial charge in [-0.05, 0) is 0 Å². The van der Waals surface area contributed by atoms with Gasteiger partial charge in [0, 0.05) is 0 Å². The third-order valence-corrected chi connectivity index (χ3v) is 3.49. The maximum absolute atomic E-state index is 7.50.